The number of ether oxygens (including phenoxy) is 3. The molecule has 80 heavy (non-hydrogen) atoms. The fraction of sp³-hybridized carbons (Fsp3) is 0.707. The van der Waals surface area contributed by atoms with E-state index < -0.39 is 150 Å². The number of likely N-dealkylation sites (N-methyl/N-ethyl adjacent to an activating group) is 3. The summed E-state index contributed by atoms with van der Waals surface area (Å²) in [6.07, 6.45) is -3.72. The van der Waals surface area contributed by atoms with Crippen LogP contribution in [-0.4, -0.2) is 196 Å². The van der Waals surface area contributed by atoms with Crippen LogP contribution in [0.3, 0.4) is 0 Å². The molecular formula is C58H89N7O15. The molecule has 0 radical (unpaired) electrons. The normalized spacial score (nSPS) is 27.0. The third-order valence-electron chi connectivity index (χ3n) is 15.8. The van der Waals surface area contributed by atoms with Crippen molar-refractivity contribution in [2.45, 2.75) is 195 Å². The second kappa shape index (κ2) is 29.3. The number of fused-ring (bicyclic) bond motifs is 1. The Balaban J connectivity index is 1.92. The van der Waals surface area contributed by atoms with Crippen molar-refractivity contribution in [3.8, 4) is 5.75 Å². The molecule has 7 amide bonds. The van der Waals surface area contributed by atoms with Crippen LogP contribution >= 0.6 is 0 Å². The van der Waals surface area contributed by atoms with E-state index in [1.165, 1.54) is 61.7 Å². The van der Waals surface area contributed by atoms with Crippen LogP contribution in [0.15, 0.2) is 24.3 Å². The molecule has 3 saturated heterocycles. The molecule has 3 N–H and O–H groups in total. The van der Waals surface area contributed by atoms with Gasteiger partial charge in [0.15, 0.2) is 11.9 Å². The van der Waals surface area contributed by atoms with Crippen molar-refractivity contribution < 1.29 is 72.1 Å². The van der Waals surface area contributed by atoms with Crippen molar-refractivity contribution in [3.63, 3.8) is 0 Å². The number of nitrogens with zero attached hydrogens (tertiary/aromatic N) is 5. The average Bonchev–Trinajstić information content (AvgIpc) is 4.11. The third-order valence-corrected chi connectivity index (χ3v) is 15.8. The van der Waals surface area contributed by atoms with E-state index in [1.54, 1.807) is 52.0 Å². The molecule has 22 nitrogen and oxygen atoms in total. The van der Waals surface area contributed by atoms with Gasteiger partial charge in [0.1, 0.15) is 48.1 Å². The largest absolute Gasteiger partial charge is 0.497 e. The number of amides is 7. The molecule has 0 spiro atoms. The molecule has 3 fully saturated rings. The third kappa shape index (κ3) is 16.4. The predicted molar refractivity (Wildman–Crippen MR) is 294 cm³/mol. The summed E-state index contributed by atoms with van der Waals surface area (Å²) < 4.78 is 17.3. The number of carbonyl (C=O) groups is 11. The fourth-order valence-corrected chi connectivity index (χ4v) is 10.9. The van der Waals surface area contributed by atoms with Gasteiger partial charge >= 0.3 is 11.9 Å². The number of aliphatic hydroxyl groups excluding tert-OH is 1. The number of rotatable bonds is 15. The van der Waals surface area contributed by atoms with Gasteiger partial charge in [0.05, 0.1) is 31.6 Å². The van der Waals surface area contributed by atoms with Crippen LogP contribution in [0.2, 0.25) is 0 Å². The molecule has 3 heterocycles. The van der Waals surface area contributed by atoms with Crippen molar-refractivity contribution in [2.24, 2.45) is 29.6 Å². The highest BCUT2D eigenvalue weighted by molar-refractivity contribution is 6.35. The first-order valence-corrected chi connectivity index (χ1v) is 28.2. The zero-order valence-corrected chi connectivity index (χ0v) is 49.6. The summed E-state index contributed by atoms with van der Waals surface area (Å²) in [6.45, 7) is 18.2. The number of hydrogen-bond acceptors (Lipinski definition) is 15. The maximum atomic E-state index is 15.2. The van der Waals surface area contributed by atoms with Gasteiger partial charge in [-0.1, -0.05) is 73.9 Å². The molecule has 22 heteroatoms. The summed E-state index contributed by atoms with van der Waals surface area (Å²) in [6, 6.07) is -2.23. The van der Waals surface area contributed by atoms with Gasteiger partial charge in [-0.05, 0) is 93.7 Å². The molecule has 0 aromatic heterocycles. The number of Topliss-reactive ketones (excluding diaryl/α,β-unsaturated/α-hetero) is 2. The van der Waals surface area contributed by atoms with E-state index in [9.17, 15) is 43.5 Å². The van der Waals surface area contributed by atoms with Gasteiger partial charge in [0.25, 0.3) is 5.91 Å². The van der Waals surface area contributed by atoms with Gasteiger partial charge in [0, 0.05) is 47.6 Å². The van der Waals surface area contributed by atoms with Crippen LogP contribution in [0, 0.1) is 29.6 Å². The van der Waals surface area contributed by atoms with Gasteiger partial charge in [-0.2, -0.15) is 0 Å². The van der Waals surface area contributed by atoms with Crippen LogP contribution < -0.4 is 15.4 Å². The number of hydrogen-bond donors (Lipinski definition) is 3. The SMILES string of the molecule is CC[C@H](C)[C@@H]1NC(=O)[C@@H](N(C)C(=O)[C@@H](CC(C)C)N(C)C(=O)[C@@H]2CCCN2C(=O)C(C)=O)[C@@H](C)OC(=O)[C@H](Cc2ccc(OC)cc2)N(C)C(=O)[C@@H]2CCCN2C(=O)[C@H](CC(C)C)NC(=O)[C@@H](C)C(=O)[C@H](C(C)C)OC(=O)C[C@@H]1O. The highest BCUT2D eigenvalue weighted by Gasteiger charge is 2.47. The van der Waals surface area contributed by atoms with E-state index in [2.05, 4.69) is 10.6 Å². The number of carbonyl (C=O) groups excluding carboxylic acids is 11. The topological polar surface area (TPSA) is 276 Å². The van der Waals surface area contributed by atoms with Crippen molar-refractivity contribution in [3.05, 3.63) is 29.8 Å². The molecule has 0 saturated carbocycles. The Hall–Kier alpha value is -6.45. The van der Waals surface area contributed by atoms with E-state index in [4.69, 9.17) is 14.2 Å². The lowest BCUT2D eigenvalue weighted by Gasteiger charge is -2.39. The summed E-state index contributed by atoms with van der Waals surface area (Å²) in [5.74, 6) is -11.2. The Kier molecular flexibility index (Phi) is 24.2. The van der Waals surface area contributed by atoms with Crippen LogP contribution in [-0.2, 0) is 68.6 Å². The zero-order chi connectivity index (χ0) is 60.2. The van der Waals surface area contributed by atoms with Crippen molar-refractivity contribution in [2.75, 3.05) is 41.3 Å². The summed E-state index contributed by atoms with van der Waals surface area (Å²) in [5, 5.41) is 17.5. The standard InChI is InChI=1S/C58H89N7O15/c1-16-34(8)47-45(67)30-46(68)80-50(33(6)7)49(69)35(9)51(70)59-40(27-31(2)3)54(73)65-26-18-20-42(65)56(75)62(13)44(29-38-21-23-39(78-15)24-22-38)58(77)79-37(11)48(52(71)60-47)63(14)57(76)43(28-32(4)5)61(12)55(74)41-19-17-25-64(41)53(72)36(10)66/h21-24,31-35,37,40-45,47-48,50,67H,16-20,25-30H2,1-15H3,(H,59,70)(H,60,71)/t34-,35-,37+,40-,41-,42-,43+,44-,45-,47-,48-,50-/m0/s1. The van der Waals surface area contributed by atoms with Crippen molar-refractivity contribution >= 4 is 64.9 Å². The smallest absolute Gasteiger partial charge is 0.329 e. The Morgan fingerprint density at radius 2 is 1.46 bits per heavy atom. The number of benzene rings is 1. The minimum Gasteiger partial charge on any atom is -0.497 e. The highest BCUT2D eigenvalue weighted by atomic mass is 16.6. The predicted octanol–water partition coefficient (Wildman–Crippen LogP) is 2.87. The average molecular weight is 1120 g/mol. The number of likely N-dealkylation sites (tertiary alicyclic amines) is 1. The maximum Gasteiger partial charge on any atom is 0.329 e. The first kappa shape index (κ1) is 66.1. The quantitative estimate of drug-likeness (QED) is 0.129. The fourth-order valence-electron chi connectivity index (χ4n) is 10.9. The second-order valence-electron chi connectivity index (χ2n) is 23.2. The second-order valence-corrected chi connectivity index (χ2v) is 23.2. The summed E-state index contributed by atoms with van der Waals surface area (Å²) in [7, 11) is 5.59. The van der Waals surface area contributed by atoms with Gasteiger partial charge in [-0.25, -0.2) is 4.79 Å². The molecule has 1 aromatic rings. The molecule has 0 aliphatic carbocycles. The molecule has 4 rings (SSSR count). The number of esters is 2. The molecule has 446 valence electrons. The molecule has 0 bridgehead atoms. The molecule has 1 aromatic carbocycles. The number of aliphatic hydroxyl groups is 1. The van der Waals surface area contributed by atoms with E-state index in [0.29, 0.717) is 30.6 Å². The monoisotopic (exact) mass is 1120 g/mol. The van der Waals surface area contributed by atoms with E-state index in [-0.39, 0.29) is 57.0 Å². The Morgan fingerprint density at radius 3 is 2.02 bits per heavy atom. The molecule has 12 atom stereocenters. The Labute approximate surface area is 471 Å². The van der Waals surface area contributed by atoms with Gasteiger partial charge in [-0.3, -0.25) is 47.9 Å². The number of cyclic esters (lactones) is 2. The molecule has 3 aliphatic rings. The lowest BCUT2D eigenvalue weighted by Crippen LogP contribution is -2.62. The minimum absolute atomic E-state index is 0.0657. The van der Waals surface area contributed by atoms with E-state index >= 15 is 14.4 Å². The van der Waals surface area contributed by atoms with Gasteiger partial charge in [-0.15, -0.1) is 0 Å². The highest BCUT2D eigenvalue weighted by Crippen LogP contribution is 2.28. The lowest BCUT2D eigenvalue weighted by atomic mass is 9.91. The van der Waals surface area contributed by atoms with E-state index in [1.807, 2.05) is 27.7 Å². The first-order chi connectivity index (χ1) is 37.5. The molecule has 0 unspecified atom stereocenters. The van der Waals surface area contributed by atoms with Crippen LogP contribution in [0.1, 0.15) is 133 Å². The molecular weight excluding hydrogens is 1030 g/mol. The van der Waals surface area contributed by atoms with E-state index in [0.717, 1.165) is 11.8 Å². The first-order valence-electron chi connectivity index (χ1n) is 28.2. The number of ketones is 2. The van der Waals surface area contributed by atoms with Crippen molar-refractivity contribution in [1.82, 2.24) is 35.1 Å². The zero-order valence-electron chi connectivity index (χ0n) is 49.6. The van der Waals surface area contributed by atoms with Crippen LogP contribution in [0.5, 0.6) is 5.75 Å². The lowest BCUT2D eigenvalue weighted by molar-refractivity contribution is -0.166. The Morgan fingerprint density at radius 1 is 0.838 bits per heavy atom. The summed E-state index contributed by atoms with van der Waals surface area (Å²) in [5.41, 5.74) is 0.570. The van der Waals surface area contributed by atoms with Crippen LogP contribution in [0.25, 0.3) is 0 Å². The molecule has 3 aliphatic heterocycles. The van der Waals surface area contributed by atoms with Crippen molar-refractivity contribution in [1.29, 1.82) is 0 Å². The maximum absolute atomic E-state index is 15.2. The number of nitrogens with one attached hydrogen (secondary N) is 2. The summed E-state index contributed by atoms with van der Waals surface area (Å²) >= 11 is 0. The number of methoxy groups -OCH3 is 1. The Bertz CT molecular complexity index is 2410. The summed E-state index contributed by atoms with van der Waals surface area (Å²) in [4.78, 5) is 163. The van der Waals surface area contributed by atoms with Gasteiger partial charge in [0.2, 0.25) is 41.2 Å². The van der Waals surface area contributed by atoms with Crippen LogP contribution in [0.4, 0.5) is 0 Å². The minimum atomic E-state index is -1.72. The van der Waals surface area contributed by atoms with Gasteiger partial charge < -0.3 is 54.5 Å².